The molecular weight excluding hydrogens is 296 g/mol. The lowest BCUT2D eigenvalue weighted by atomic mass is 10.0. The molecule has 0 spiro atoms. The molecule has 0 aliphatic heterocycles. The summed E-state index contributed by atoms with van der Waals surface area (Å²) in [5.41, 5.74) is -3.34. The Balaban J connectivity index is 2.90. The van der Waals surface area contributed by atoms with Gasteiger partial charge < -0.3 is 0 Å². The smallest absolute Gasteiger partial charge is 0.195 e. The van der Waals surface area contributed by atoms with Gasteiger partial charge >= 0.3 is 0 Å². The fraction of sp³-hybridized carbons (Fsp3) is 0. The van der Waals surface area contributed by atoms with Crippen molar-refractivity contribution in [3.63, 3.8) is 0 Å². The minimum atomic E-state index is -2.26. The predicted octanol–water partition coefficient (Wildman–Crippen LogP) is 4.47. The zero-order valence-corrected chi connectivity index (χ0v) is 9.18. The number of rotatable bonds is 1. The van der Waals surface area contributed by atoms with E-state index in [-0.39, 0.29) is 12.1 Å². The van der Waals surface area contributed by atoms with E-state index in [1.54, 1.807) is 0 Å². The quantitative estimate of drug-likeness (QED) is 0.414. The van der Waals surface area contributed by atoms with Gasteiger partial charge in [-0.15, -0.1) is 0 Å². The van der Waals surface area contributed by atoms with Crippen LogP contribution in [0.25, 0.3) is 11.1 Å². The molecule has 2 aromatic rings. The standard InChI is InChI=1S/C12H2F8/c13-3-1-5(15)9(17)11(19)7(3)8-4(14)2-6(16)10(18)12(8)20/h1-2H. The molecule has 2 aromatic carbocycles. The van der Waals surface area contributed by atoms with E-state index >= 15 is 0 Å². The van der Waals surface area contributed by atoms with Gasteiger partial charge in [0.2, 0.25) is 0 Å². The third kappa shape index (κ3) is 2.00. The summed E-state index contributed by atoms with van der Waals surface area (Å²) in [5.74, 6) is -16.5. The highest BCUT2D eigenvalue weighted by Crippen LogP contribution is 2.34. The third-order valence-electron chi connectivity index (χ3n) is 2.48. The van der Waals surface area contributed by atoms with Crippen molar-refractivity contribution in [1.82, 2.24) is 0 Å². The van der Waals surface area contributed by atoms with E-state index in [2.05, 4.69) is 0 Å². The summed E-state index contributed by atoms with van der Waals surface area (Å²) in [6.45, 7) is 0. The van der Waals surface area contributed by atoms with Gasteiger partial charge in [-0.1, -0.05) is 0 Å². The predicted molar refractivity (Wildman–Crippen MR) is 51.5 cm³/mol. The highest BCUT2D eigenvalue weighted by molar-refractivity contribution is 5.66. The van der Waals surface area contributed by atoms with Crippen LogP contribution in [0.4, 0.5) is 35.1 Å². The summed E-state index contributed by atoms with van der Waals surface area (Å²) in [4.78, 5) is 0. The van der Waals surface area contributed by atoms with Crippen molar-refractivity contribution in [2.45, 2.75) is 0 Å². The van der Waals surface area contributed by atoms with Crippen LogP contribution in [0.2, 0.25) is 0 Å². The molecule has 0 amide bonds. The molecule has 0 heterocycles. The lowest BCUT2D eigenvalue weighted by Gasteiger charge is -2.10. The summed E-state index contributed by atoms with van der Waals surface area (Å²) in [6, 6.07) is -0.345. The Morgan fingerprint density at radius 3 is 1.00 bits per heavy atom. The fourth-order valence-electron chi connectivity index (χ4n) is 1.59. The van der Waals surface area contributed by atoms with Crippen molar-refractivity contribution < 1.29 is 35.1 Å². The first-order valence-electron chi connectivity index (χ1n) is 4.92. The number of hydrogen-bond donors (Lipinski definition) is 0. The molecule has 0 aliphatic carbocycles. The second-order valence-corrected chi connectivity index (χ2v) is 3.69. The molecule has 0 saturated heterocycles. The Hall–Kier alpha value is -2.12. The van der Waals surface area contributed by atoms with Gasteiger partial charge in [-0.05, 0) is 0 Å². The Labute approximate surface area is 106 Å². The average molecular weight is 298 g/mol. The van der Waals surface area contributed by atoms with Crippen LogP contribution < -0.4 is 0 Å². The van der Waals surface area contributed by atoms with Crippen molar-refractivity contribution in [2.24, 2.45) is 0 Å². The zero-order chi connectivity index (χ0) is 15.2. The van der Waals surface area contributed by atoms with Crippen LogP contribution in [0, 0.1) is 46.5 Å². The van der Waals surface area contributed by atoms with Gasteiger partial charge in [0.15, 0.2) is 34.9 Å². The van der Waals surface area contributed by atoms with Crippen LogP contribution in [0.1, 0.15) is 0 Å². The largest absolute Gasteiger partial charge is 0.206 e. The molecule has 20 heavy (non-hydrogen) atoms. The second kappa shape index (κ2) is 4.77. The Morgan fingerprint density at radius 1 is 0.400 bits per heavy atom. The van der Waals surface area contributed by atoms with E-state index in [1.165, 1.54) is 0 Å². The molecule has 0 unspecified atom stereocenters. The van der Waals surface area contributed by atoms with E-state index < -0.39 is 57.7 Å². The van der Waals surface area contributed by atoms with Crippen LogP contribution in [0.3, 0.4) is 0 Å². The minimum absolute atomic E-state index is 0.173. The summed E-state index contributed by atoms with van der Waals surface area (Å²) in [6.07, 6.45) is 0. The van der Waals surface area contributed by atoms with E-state index in [9.17, 15) is 35.1 Å². The van der Waals surface area contributed by atoms with Crippen LogP contribution in [0.15, 0.2) is 12.1 Å². The summed E-state index contributed by atoms with van der Waals surface area (Å²) in [7, 11) is 0. The first kappa shape index (κ1) is 14.3. The van der Waals surface area contributed by atoms with Gasteiger partial charge in [-0.25, -0.2) is 35.1 Å². The maximum Gasteiger partial charge on any atom is 0.195 e. The molecule has 0 fully saturated rings. The van der Waals surface area contributed by atoms with Crippen molar-refractivity contribution in [3.05, 3.63) is 58.7 Å². The van der Waals surface area contributed by atoms with E-state index in [1.807, 2.05) is 0 Å². The first-order valence-corrected chi connectivity index (χ1v) is 4.92. The molecule has 0 saturated carbocycles. The Bertz CT molecular complexity index is 646. The van der Waals surface area contributed by atoms with Gasteiger partial charge in [-0.2, -0.15) is 0 Å². The van der Waals surface area contributed by atoms with Gasteiger partial charge in [0.05, 0.1) is 11.1 Å². The molecule has 0 aromatic heterocycles. The highest BCUT2D eigenvalue weighted by atomic mass is 19.2. The van der Waals surface area contributed by atoms with E-state index in [4.69, 9.17) is 0 Å². The maximum absolute atomic E-state index is 13.4. The van der Waals surface area contributed by atoms with Crippen LogP contribution in [-0.4, -0.2) is 0 Å². The Kier molecular flexibility index (Phi) is 3.41. The molecule has 0 N–H and O–H groups in total. The highest BCUT2D eigenvalue weighted by Gasteiger charge is 2.28. The van der Waals surface area contributed by atoms with Crippen LogP contribution in [0.5, 0.6) is 0 Å². The number of benzene rings is 2. The molecule has 0 aliphatic rings. The summed E-state index contributed by atoms with van der Waals surface area (Å²) >= 11 is 0. The molecular formula is C12H2F8. The van der Waals surface area contributed by atoms with Gasteiger partial charge in [0.25, 0.3) is 0 Å². The van der Waals surface area contributed by atoms with Crippen molar-refractivity contribution in [3.8, 4) is 11.1 Å². The maximum atomic E-state index is 13.4. The SMILES string of the molecule is Fc1cc(F)c(-c2c(F)cc(F)c(F)c2F)c(F)c1F. The van der Waals surface area contributed by atoms with Gasteiger partial charge in [0.1, 0.15) is 11.6 Å². The normalized spacial score (nSPS) is 11.0. The van der Waals surface area contributed by atoms with Crippen molar-refractivity contribution in [1.29, 1.82) is 0 Å². The monoisotopic (exact) mass is 298 g/mol. The lowest BCUT2D eigenvalue weighted by molar-refractivity contribution is 0.426. The van der Waals surface area contributed by atoms with Crippen molar-refractivity contribution >= 4 is 0 Å². The fourth-order valence-corrected chi connectivity index (χ4v) is 1.59. The molecule has 8 heteroatoms. The molecule has 2 rings (SSSR count). The van der Waals surface area contributed by atoms with Crippen LogP contribution in [-0.2, 0) is 0 Å². The number of hydrogen-bond acceptors (Lipinski definition) is 0. The first-order chi connectivity index (χ1) is 9.25. The third-order valence-corrected chi connectivity index (χ3v) is 2.48. The van der Waals surface area contributed by atoms with Crippen LogP contribution >= 0.6 is 0 Å². The van der Waals surface area contributed by atoms with Gasteiger partial charge in [0, 0.05) is 12.1 Å². The summed E-state index contributed by atoms with van der Waals surface area (Å²) < 4.78 is 105. The zero-order valence-electron chi connectivity index (χ0n) is 9.18. The molecule has 0 radical (unpaired) electrons. The van der Waals surface area contributed by atoms with Gasteiger partial charge in [-0.3, -0.25) is 0 Å². The summed E-state index contributed by atoms with van der Waals surface area (Å²) in [5, 5.41) is 0. The molecule has 0 nitrogen and oxygen atoms in total. The topological polar surface area (TPSA) is 0 Å². The minimum Gasteiger partial charge on any atom is -0.206 e. The molecule has 106 valence electrons. The van der Waals surface area contributed by atoms with E-state index in [0.29, 0.717) is 0 Å². The molecule has 0 bridgehead atoms. The Morgan fingerprint density at radius 2 is 0.700 bits per heavy atom. The number of halogens is 8. The average Bonchev–Trinajstić information content (AvgIpc) is 2.37. The second-order valence-electron chi connectivity index (χ2n) is 3.69. The lowest BCUT2D eigenvalue weighted by Crippen LogP contribution is -2.05. The van der Waals surface area contributed by atoms with E-state index in [0.717, 1.165) is 0 Å². The van der Waals surface area contributed by atoms with Crippen molar-refractivity contribution in [2.75, 3.05) is 0 Å². The molecule has 0 atom stereocenters.